The van der Waals surface area contributed by atoms with Crippen LogP contribution < -0.4 is 11.3 Å². The number of nitrogens with zero attached hydrogens (tertiary/aromatic N) is 5. The molecule has 24 heavy (non-hydrogen) atoms. The van der Waals surface area contributed by atoms with E-state index in [1.54, 1.807) is 11.9 Å². The van der Waals surface area contributed by atoms with E-state index in [1.165, 1.54) is 23.2 Å². The second-order valence-corrected chi connectivity index (χ2v) is 5.51. The molecular formula is C15H16N6O3. The highest BCUT2D eigenvalue weighted by Gasteiger charge is 2.34. The summed E-state index contributed by atoms with van der Waals surface area (Å²) >= 11 is 0. The number of nitrogens with two attached hydrogens (primary N) is 1. The molecule has 1 atom stereocenters. The molecule has 1 saturated heterocycles. The molecule has 0 aromatic carbocycles. The predicted molar refractivity (Wildman–Crippen MR) is 83.0 cm³/mol. The van der Waals surface area contributed by atoms with Crippen molar-refractivity contribution in [2.45, 2.75) is 18.9 Å². The summed E-state index contributed by atoms with van der Waals surface area (Å²) in [6.07, 6.45) is 5.71. The van der Waals surface area contributed by atoms with E-state index >= 15 is 0 Å². The number of primary amides is 1. The summed E-state index contributed by atoms with van der Waals surface area (Å²) in [5.41, 5.74) is 4.96. The van der Waals surface area contributed by atoms with Crippen LogP contribution in [0, 0.1) is 0 Å². The predicted octanol–water partition coefficient (Wildman–Crippen LogP) is -0.353. The third kappa shape index (κ3) is 2.75. The Morgan fingerprint density at radius 1 is 1.29 bits per heavy atom. The van der Waals surface area contributed by atoms with Crippen LogP contribution in [0.2, 0.25) is 0 Å². The molecule has 2 amide bonds. The Labute approximate surface area is 137 Å². The minimum atomic E-state index is -0.779. The maximum atomic E-state index is 12.7. The molecule has 2 N–H and O–H groups in total. The van der Waals surface area contributed by atoms with Gasteiger partial charge in [-0.25, -0.2) is 9.97 Å². The van der Waals surface area contributed by atoms with Gasteiger partial charge < -0.3 is 10.6 Å². The smallest absolute Gasteiger partial charge is 0.274 e. The van der Waals surface area contributed by atoms with E-state index in [4.69, 9.17) is 5.73 Å². The SMILES string of the molecule is Cn1c(C2CCCN2C(=O)c2cnccn2)nc(C(N)=O)cc1=O. The molecule has 0 radical (unpaired) electrons. The summed E-state index contributed by atoms with van der Waals surface area (Å²) in [6, 6.07) is 0.673. The molecular weight excluding hydrogens is 312 g/mol. The van der Waals surface area contributed by atoms with Crippen LogP contribution in [0.1, 0.15) is 45.7 Å². The van der Waals surface area contributed by atoms with Gasteiger partial charge in [-0.1, -0.05) is 0 Å². The highest BCUT2D eigenvalue weighted by atomic mass is 16.2. The van der Waals surface area contributed by atoms with Gasteiger partial charge in [0.2, 0.25) is 0 Å². The van der Waals surface area contributed by atoms with Crippen LogP contribution in [-0.2, 0) is 7.05 Å². The number of rotatable bonds is 3. The normalized spacial score (nSPS) is 17.0. The first-order valence-corrected chi connectivity index (χ1v) is 7.44. The monoisotopic (exact) mass is 328 g/mol. The van der Waals surface area contributed by atoms with Crippen LogP contribution in [0.25, 0.3) is 0 Å². The molecule has 3 heterocycles. The van der Waals surface area contributed by atoms with Crippen LogP contribution in [0.3, 0.4) is 0 Å². The van der Waals surface area contributed by atoms with Crippen LogP contribution >= 0.6 is 0 Å². The fraction of sp³-hybridized carbons (Fsp3) is 0.333. The lowest BCUT2D eigenvalue weighted by Crippen LogP contribution is -2.36. The minimum absolute atomic E-state index is 0.105. The second kappa shape index (κ2) is 6.19. The van der Waals surface area contributed by atoms with E-state index in [9.17, 15) is 14.4 Å². The molecule has 0 spiro atoms. The molecule has 2 aromatic rings. The first kappa shape index (κ1) is 15.8. The zero-order valence-electron chi connectivity index (χ0n) is 13.0. The molecule has 1 aliphatic rings. The molecule has 2 aromatic heterocycles. The largest absolute Gasteiger partial charge is 0.364 e. The van der Waals surface area contributed by atoms with Crippen molar-refractivity contribution < 1.29 is 9.59 Å². The minimum Gasteiger partial charge on any atom is -0.364 e. The summed E-state index contributed by atoms with van der Waals surface area (Å²) in [4.78, 5) is 49.8. The highest BCUT2D eigenvalue weighted by Crippen LogP contribution is 2.31. The van der Waals surface area contributed by atoms with Crippen molar-refractivity contribution in [3.8, 4) is 0 Å². The maximum Gasteiger partial charge on any atom is 0.274 e. The lowest BCUT2D eigenvalue weighted by Gasteiger charge is -2.25. The van der Waals surface area contributed by atoms with Gasteiger partial charge in [0.05, 0.1) is 12.2 Å². The molecule has 3 rings (SSSR count). The van der Waals surface area contributed by atoms with E-state index in [1.807, 2.05) is 0 Å². The molecule has 9 heteroatoms. The van der Waals surface area contributed by atoms with Gasteiger partial charge in [0.25, 0.3) is 17.4 Å². The summed E-state index contributed by atoms with van der Waals surface area (Å²) in [5.74, 6) is -0.728. The molecule has 124 valence electrons. The zero-order chi connectivity index (χ0) is 17.3. The average Bonchev–Trinajstić information content (AvgIpc) is 3.06. The Bertz CT molecular complexity index is 848. The van der Waals surface area contributed by atoms with Crippen molar-refractivity contribution in [3.05, 3.63) is 52.2 Å². The van der Waals surface area contributed by atoms with Crippen LogP contribution in [-0.4, -0.2) is 42.8 Å². The summed E-state index contributed by atoms with van der Waals surface area (Å²) in [5, 5.41) is 0. The van der Waals surface area contributed by atoms with E-state index in [0.717, 1.165) is 12.5 Å². The van der Waals surface area contributed by atoms with Crippen LogP contribution in [0.4, 0.5) is 0 Å². The summed E-state index contributed by atoms with van der Waals surface area (Å²) in [6.45, 7) is 0.511. The third-order valence-electron chi connectivity index (χ3n) is 4.02. The summed E-state index contributed by atoms with van der Waals surface area (Å²) < 4.78 is 1.33. The van der Waals surface area contributed by atoms with Gasteiger partial charge in [0.1, 0.15) is 17.2 Å². The molecule has 1 aliphatic heterocycles. The zero-order valence-corrected chi connectivity index (χ0v) is 13.0. The second-order valence-electron chi connectivity index (χ2n) is 5.51. The number of amides is 2. The first-order valence-electron chi connectivity index (χ1n) is 7.44. The van der Waals surface area contributed by atoms with E-state index < -0.39 is 17.5 Å². The lowest BCUT2D eigenvalue weighted by atomic mass is 10.2. The van der Waals surface area contributed by atoms with Crippen molar-refractivity contribution >= 4 is 11.8 Å². The van der Waals surface area contributed by atoms with Crippen molar-refractivity contribution in [1.29, 1.82) is 0 Å². The van der Waals surface area contributed by atoms with Gasteiger partial charge in [-0.15, -0.1) is 0 Å². The van der Waals surface area contributed by atoms with Gasteiger partial charge >= 0.3 is 0 Å². The Morgan fingerprint density at radius 3 is 2.75 bits per heavy atom. The lowest BCUT2D eigenvalue weighted by molar-refractivity contribution is 0.0720. The van der Waals surface area contributed by atoms with Gasteiger partial charge in [0.15, 0.2) is 0 Å². The Kier molecular flexibility index (Phi) is 4.07. The third-order valence-corrected chi connectivity index (χ3v) is 4.02. The molecule has 0 saturated carbocycles. The van der Waals surface area contributed by atoms with Crippen molar-refractivity contribution in [1.82, 2.24) is 24.4 Å². The topological polar surface area (TPSA) is 124 Å². The molecule has 0 bridgehead atoms. The Balaban J connectivity index is 2.01. The van der Waals surface area contributed by atoms with Crippen LogP contribution in [0.5, 0.6) is 0 Å². The highest BCUT2D eigenvalue weighted by molar-refractivity contribution is 5.92. The average molecular weight is 328 g/mol. The molecule has 1 unspecified atom stereocenters. The van der Waals surface area contributed by atoms with Crippen molar-refractivity contribution in [3.63, 3.8) is 0 Å². The standard InChI is InChI=1S/C15H16N6O3/c1-20-12(22)7-9(13(16)23)19-14(20)11-3-2-6-21(11)15(24)10-8-17-4-5-18-10/h4-5,7-8,11H,2-3,6H2,1H3,(H2,16,23). The van der Waals surface area contributed by atoms with Crippen molar-refractivity contribution in [2.75, 3.05) is 6.54 Å². The molecule has 9 nitrogen and oxygen atoms in total. The molecule has 1 fully saturated rings. The number of hydrogen-bond donors (Lipinski definition) is 1. The fourth-order valence-electron chi connectivity index (χ4n) is 2.82. The number of carbonyl (C=O) groups is 2. The van der Waals surface area contributed by atoms with Crippen molar-refractivity contribution in [2.24, 2.45) is 12.8 Å². The van der Waals surface area contributed by atoms with Gasteiger partial charge in [0, 0.05) is 32.1 Å². The van der Waals surface area contributed by atoms with Gasteiger partial charge in [-0.05, 0) is 12.8 Å². The van der Waals surface area contributed by atoms with Crippen LogP contribution in [0.15, 0.2) is 29.5 Å². The summed E-state index contributed by atoms with van der Waals surface area (Å²) in [7, 11) is 1.55. The van der Waals surface area contributed by atoms with Gasteiger partial charge in [-0.3, -0.25) is 23.9 Å². The molecule has 0 aliphatic carbocycles. The Hall–Kier alpha value is -3.10. The Morgan fingerprint density at radius 2 is 2.08 bits per heavy atom. The van der Waals surface area contributed by atoms with E-state index in [0.29, 0.717) is 18.8 Å². The van der Waals surface area contributed by atoms with Gasteiger partial charge in [-0.2, -0.15) is 0 Å². The number of aromatic nitrogens is 4. The number of carbonyl (C=O) groups excluding carboxylic acids is 2. The fourth-order valence-corrected chi connectivity index (χ4v) is 2.82. The van der Waals surface area contributed by atoms with E-state index in [2.05, 4.69) is 15.0 Å². The van der Waals surface area contributed by atoms with E-state index in [-0.39, 0.29) is 17.3 Å². The maximum absolute atomic E-state index is 12.7. The first-order chi connectivity index (χ1) is 11.5. The number of hydrogen-bond acceptors (Lipinski definition) is 6. The number of likely N-dealkylation sites (tertiary alicyclic amines) is 1. The quantitative estimate of drug-likeness (QED) is 0.821.